The molecular formula is C17H22N2O3. The maximum Gasteiger partial charge on any atom is 0.343 e. The second-order valence-electron chi connectivity index (χ2n) is 4.58. The molecule has 1 rings (SSSR count). The summed E-state index contributed by atoms with van der Waals surface area (Å²) in [6.45, 7) is 4.35. The van der Waals surface area contributed by atoms with Crippen LogP contribution in [0.25, 0.3) is 6.08 Å². The van der Waals surface area contributed by atoms with E-state index in [1.807, 2.05) is 39.1 Å². The normalized spacial score (nSPS) is 12.5. The molecule has 0 unspecified atom stereocenters. The molecule has 1 aromatic carbocycles. The van der Waals surface area contributed by atoms with E-state index in [9.17, 15) is 9.90 Å². The van der Waals surface area contributed by atoms with Crippen LogP contribution in [0.1, 0.15) is 18.1 Å². The molecule has 0 bridgehead atoms. The molecule has 0 aromatic heterocycles. The lowest BCUT2D eigenvalue weighted by molar-refractivity contribution is -0.135. The summed E-state index contributed by atoms with van der Waals surface area (Å²) in [7, 11) is 3.13. The van der Waals surface area contributed by atoms with E-state index in [1.54, 1.807) is 6.08 Å². The Kier molecular flexibility index (Phi) is 6.89. The summed E-state index contributed by atoms with van der Waals surface area (Å²) >= 11 is 0. The Balaban J connectivity index is 3.07. The number of nitrogens with one attached hydrogen (secondary N) is 1. The number of nitrogens with zero attached hydrogens (tertiary/aromatic N) is 1. The second kappa shape index (κ2) is 8.67. The van der Waals surface area contributed by atoms with Gasteiger partial charge in [0.25, 0.3) is 0 Å². The van der Waals surface area contributed by atoms with Gasteiger partial charge in [-0.05, 0) is 43.2 Å². The highest BCUT2D eigenvalue weighted by Gasteiger charge is 2.11. The van der Waals surface area contributed by atoms with E-state index in [0.29, 0.717) is 6.54 Å². The van der Waals surface area contributed by atoms with E-state index in [1.165, 1.54) is 19.4 Å². The monoisotopic (exact) mass is 302 g/mol. The van der Waals surface area contributed by atoms with Gasteiger partial charge in [0.15, 0.2) is 0 Å². The Hall–Kier alpha value is -2.56. The highest BCUT2D eigenvalue weighted by molar-refractivity contribution is 6.10. The van der Waals surface area contributed by atoms with E-state index >= 15 is 0 Å². The van der Waals surface area contributed by atoms with Crippen LogP contribution in [0.5, 0.6) is 0 Å². The van der Waals surface area contributed by atoms with Gasteiger partial charge in [0.1, 0.15) is 11.3 Å². The van der Waals surface area contributed by atoms with Crippen LogP contribution in [0.2, 0.25) is 0 Å². The van der Waals surface area contributed by atoms with Crippen molar-refractivity contribution in [2.24, 2.45) is 4.99 Å². The first-order valence-electron chi connectivity index (χ1n) is 7.01. The van der Waals surface area contributed by atoms with E-state index < -0.39 is 5.97 Å². The van der Waals surface area contributed by atoms with Crippen molar-refractivity contribution in [1.82, 2.24) is 0 Å². The zero-order valence-electron chi connectivity index (χ0n) is 13.4. The Bertz CT molecular complexity index is 616. The van der Waals surface area contributed by atoms with Gasteiger partial charge < -0.3 is 15.2 Å². The van der Waals surface area contributed by atoms with Crippen molar-refractivity contribution in [3.63, 3.8) is 0 Å². The predicted octanol–water partition coefficient (Wildman–Crippen LogP) is 3.13. The molecule has 1 aromatic rings. The number of aliphatic imine (C=N–C) groups is 1. The molecule has 0 saturated carbocycles. The average molecular weight is 302 g/mol. The third kappa shape index (κ3) is 4.77. The highest BCUT2D eigenvalue weighted by atomic mass is 16.5. The number of aliphatic hydroxyl groups excluding tert-OH is 1. The number of aliphatic hydroxyl groups is 1. The van der Waals surface area contributed by atoms with Crippen LogP contribution < -0.4 is 5.32 Å². The van der Waals surface area contributed by atoms with Gasteiger partial charge in [-0.15, -0.1) is 0 Å². The van der Waals surface area contributed by atoms with Crippen molar-refractivity contribution in [1.29, 1.82) is 0 Å². The Morgan fingerprint density at radius 1 is 1.45 bits per heavy atom. The maximum atomic E-state index is 11.6. The number of hydrogen-bond donors (Lipinski definition) is 2. The Morgan fingerprint density at radius 2 is 2.18 bits per heavy atom. The number of carbonyl (C=O) groups excluding carboxylic acids is 1. The van der Waals surface area contributed by atoms with Crippen LogP contribution >= 0.6 is 0 Å². The molecule has 5 heteroatoms. The molecule has 0 spiro atoms. The highest BCUT2D eigenvalue weighted by Crippen LogP contribution is 2.17. The van der Waals surface area contributed by atoms with Crippen molar-refractivity contribution < 1.29 is 14.6 Å². The molecule has 0 aliphatic heterocycles. The van der Waals surface area contributed by atoms with Crippen LogP contribution in [-0.4, -0.2) is 38.0 Å². The van der Waals surface area contributed by atoms with Crippen molar-refractivity contribution in [2.45, 2.75) is 13.8 Å². The number of methoxy groups -OCH3 is 1. The first kappa shape index (κ1) is 17.5. The van der Waals surface area contributed by atoms with E-state index in [4.69, 9.17) is 0 Å². The second-order valence-corrected chi connectivity index (χ2v) is 4.58. The van der Waals surface area contributed by atoms with Gasteiger partial charge in [0.05, 0.1) is 7.11 Å². The number of esters is 1. The number of carbonyl (C=O) groups is 1. The van der Waals surface area contributed by atoms with Crippen molar-refractivity contribution >= 4 is 23.9 Å². The van der Waals surface area contributed by atoms with Crippen molar-refractivity contribution in [3.05, 3.63) is 46.7 Å². The van der Waals surface area contributed by atoms with E-state index in [0.717, 1.165) is 16.8 Å². The Labute approximate surface area is 131 Å². The standard InChI is InChI=1S/C17H22N2O3/c1-5-19-11-14(17(21)22-4)16(20)9-7-13-6-8-15(18-3)12(2)10-13/h6-11,18,20H,5H2,1-4H3/b9-7?,16-14+,19-11?. The summed E-state index contributed by atoms with van der Waals surface area (Å²) in [5.41, 5.74) is 3.08. The van der Waals surface area contributed by atoms with Gasteiger partial charge in [-0.2, -0.15) is 0 Å². The third-order valence-corrected chi connectivity index (χ3v) is 3.04. The fraction of sp³-hybridized carbons (Fsp3) is 0.294. The molecule has 22 heavy (non-hydrogen) atoms. The number of benzene rings is 1. The van der Waals surface area contributed by atoms with Crippen LogP contribution in [-0.2, 0) is 9.53 Å². The zero-order valence-corrected chi connectivity index (χ0v) is 13.4. The zero-order chi connectivity index (χ0) is 16.5. The molecular weight excluding hydrogens is 280 g/mol. The van der Waals surface area contributed by atoms with Gasteiger partial charge in [-0.3, -0.25) is 4.99 Å². The number of ether oxygens (including phenoxy) is 1. The van der Waals surface area contributed by atoms with Gasteiger partial charge in [0.2, 0.25) is 0 Å². The van der Waals surface area contributed by atoms with Crippen LogP contribution in [0.15, 0.2) is 40.6 Å². The minimum absolute atomic E-state index is 0.0316. The summed E-state index contributed by atoms with van der Waals surface area (Å²) in [6, 6.07) is 5.85. The number of hydrogen-bond acceptors (Lipinski definition) is 5. The molecule has 0 fully saturated rings. The molecule has 0 aliphatic carbocycles. The number of allylic oxidation sites excluding steroid dienone is 1. The van der Waals surface area contributed by atoms with E-state index in [-0.39, 0.29) is 11.3 Å². The largest absolute Gasteiger partial charge is 0.507 e. The third-order valence-electron chi connectivity index (χ3n) is 3.04. The number of anilines is 1. The van der Waals surface area contributed by atoms with Gasteiger partial charge in [0, 0.05) is 25.5 Å². The number of aryl methyl sites for hydroxylation is 1. The SMILES string of the molecule is CCN=C/C(C(=O)OC)=C(\O)C=Cc1ccc(NC)c(C)c1. The van der Waals surface area contributed by atoms with Crippen molar-refractivity contribution in [3.8, 4) is 0 Å². The molecule has 0 radical (unpaired) electrons. The Morgan fingerprint density at radius 3 is 2.73 bits per heavy atom. The lowest BCUT2D eigenvalue weighted by atomic mass is 10.1. The summed E-state index contributed by atoms with van der Waals surface area (Å²) in [6.07, 6.45) is 4.51. The van der Waals surface area contributed by atoms with Crippen LogP contribution in [0.4, 0.5) is 5.69 Å². The smallest absolute Gasteiger partial charge is 0.343 e. The van der Waals surface area contributed by atoms with E-state index in [2.05, 4.69) is 15.0 Å². The van der Waals surface area contributed by atoms with Crippen LogP contribution in [0.3, 0.4) is 0 Å². The summed E-state index contributed by atoms with van der Waals surface area (Å²) in [4.78, 5) is 15.6. The predicted molar refractivity (Wildman–Crippen MR) is 90.5 cm³/mol. The quantitative estimate of drug-likeness (QED) is 0.278. The molecule has 0 saturated heterocycles. The summed E-state index contributed by atoms with van der Waals surface area (Å²) in [5, 5.41) is 13.1. The first-order chi connectivity index (χ1) is 10.5. The van der Waals surface area contributed by atoms with Gasteiger partial charge in [-0.25, -0.2) is 4.79 Å². The lowest BCUT2D eigenvalue weighted by Crippen LogP contribution is -2.08. The minimum atomic E-state index is -0.624. The summed E-state index contributed by atoms with van der Waals surface area (Å²) < 4.78 is 4.64. The summed E-state index contributed by atoms with van der Waals surface area (Å²) in [5.74, 6) is -0.805. The fourth-order valence-corrected chi connectivity index (χ4v) is 1.85. The molecule has 0 aliphatic rings. The maximum absolute atomic E-state index is 11.6. The minimum Gasteiger partial charge on any atom is -0.507 e. The molecule has 0 amide bonds. The lowest BCUT2D eigenvalue weighted by Gasteiger charge is -2.05. The topological polar surface area (TPSA) is 70.9 Å². The molecule has 5 nitrogen and oxygen atoms in total. The van der Waals surface area contributed by atoms with Gasteiger partial charge >= 0.3 is 5.97 Å². The molecule has 0 heterocycles. The number of rotatable bonds is 6. The molecule has 2 N–H and O–H groups in total. The fourth-order valence-electron chi connectivity index (χ4n) is 1.85. The van der Waals surface area contributed by atoms with Crippen molar-refractivity contribution in [2.75, 3.05) is 26.0 Å². The first-order valence-corrected chi connectivity index (χ1v) is 7.01. The average Bonchev–Trinajstić information content (AvgIpc) is 2.53. The van der Waals surface area contributed by atoms with Crippen LogP contribution in [0, 0.1) is 6.92 Å². The van der Waals surface area contributed by atoms with Gasteiger partial charge in [-0.1, -0.05) is 12.1 Å². The molecule has 118 valence electrons. The molecule has 0 atom stereocenters.